The third-order valence-electron chi connectivity index (χ3n) is 4.91. The zero-order valence-electron chi connectivity index (χ0n) is 17.2. The van der Waals surface area contributed by atoms with E-state index < -0.39 is 27.9 Å². The van der Waals surface area contributed by atoms with Crippen molar-refractivity contribution in [3.63, 3.8) is 0 Å². The zero-order chi connectivity index (χ0) is 23.5. The molecule has 1 aromatic carbocycles. The average molecular weight is 493 g/mol. The first kappa shape index (κ1) is 24.3. The van der Waals surface area contributed by atoms with Gasteiger partial charge in [0.25, 0.3) is 5.82 Å². The van der Waals surface area contributed by atoms with Gasteiger partial charge in [0.15, 0.2) is 0 Å². The largest absolute Gasteiger partial charge is 0.453 e. The summed E-state index contributed by atoms with van der Waals surface area (Å²) < 4.78 is 66.2. The zero-order valence-corrected chi connectivity index (χ0v) is 18.9. The van der Waals surface area contributed by atoms with Crippen molar-refractivity contribution in [3.8, 4) is 0 Å². The number of halogens is 3. The Labute approximate surface area is 187 Å². The van der Waals surface area contributed by atoms with Crippen molar-refractivity contribution in [2.75, 3.05) is 30.0 Å². The molecule has 0 spiro atoms. The highest BCUT2D eigenvalue weighted by atomic mass is 32.2. The number of rotatable bonds is 6. The van der Waals surface area contributed by atoms with E-state index in [9.17, 15) is 26.4 Å². The van der Waals surface area contributed by atoms with Gasteiger partial charge in [0.2, 0.25) is 21.1 Å². The summed E-state index contributed by atoms with van der Waals surface area (Å²) in [5.74, 6) is 3.11. The summed E-state index contributed by atoms with van der Waals surface area (Å²) in [5, 5.41) is 8.62. The number of aromatic nitrogens is 3. The van der Waals surface area contributed by atoms with Gasteiger partial charge in [0.05, 0.1) is 10.6 Å². The number of nitrogens with one attached hydrogen (secondary N) is 1. The van der Waals surface area contributed by atoms with Crippen LogP contribution in [-0.4, -0.2) is 52.3 Å². The summed E-state index contributed by atoms with van der Waals surface area (Å²) in [5.41, 5.74) is 0.817. The van der Waals surface area contributed by atoms with Crippen LogP contribution in [0.25, 0.3) is 0 Å². The van der Waals surface area contributed by atoms with E-state index in [0.29, 0.717) is 30.4 Å². The number of aryl methyl sites for hydroxylation is 1. The lowest BCUT2D eigenvalue weighted by Gasteiger charge is -2.21. The number of hydrogen-bond donors (Lipinski definition) is 2. The third-order valence-corrected chi connectivity index (χ3v) is 7.89. The summed E-state index contributed by atoms with van der Waals surface area (Å²) in [7, 11) is -3.71. The van der Waals surface area contributed by atoms with Gasteiger partial charge < -0.3 is 11.2 Å². The second-order valence-corrected chi connectivity index (χ2v) is 10.2. The SMILES string of the molecule is Cc1ccc(NC(=O)CSc2nnc(C(F)(F)F)n2N)cc1S(=O)(=O)N1CCCCCC1. The van der Waals surface area contributed by atoms with E-state index in [1.165, 1.54) is 10.4 Å². The van der Waals surface area contributed by atoms with Crippen LogP contribution in [0, 0.1) is 6.92 Å². The predicted molar refractivity (Wildman–Crippen MR) is 113 cm³/mol. The number of hydrogen-bond acceptors (Lipinski definition) is 7. The molecule has 1 amide bonds. The van der Waals surface area contributed by atoms with Crippen LogP contribution >= 0.6 is 11.8 Å². The van der Waals surface area contributed by atoms with Crippen LogP contribution in [0.1, 0.15) is 37.1 Å². The number of benzene rings is 1. The number of carbonyl (C=O) groups excluding carboxylic acids is 1. The quantitative estimate of drug-likeness (QED) is 0.469. The van der Waals surface area contributed by atoms with Gasteiger partial charge in [-0.3, -0.25) is 4.79 Å². The van der Waals surface area contributed by atoms with Gasteiger partial charge in [-0.2, -0.15) is 17.5 Å². The Kier molecular flexibility index (Phi) is 7.35. The first-order chi connectivity index (χ1) is 15.0. The van der Waals surface area contributed by atoms with Crippen molar-refractivity contribution in [2.45, 2.75) is 48.8 Å². The lowest BCUT2D eigenvalue weighted by atomic mass is 10.2. The minimum Gasteiger partial charge on any atom is -0.335 e. The number of nitrogens with two attached hydrogens (primary N) is 1. The van der Waals surface area contributed by atoms with Crippen LogP contribution in [0.15, 0.2) is 28.3 Å². The molecule has 1 aliphatic heterocycles. The maximum absolute atomic E-state index is 13.1. The molecule has 1 aliphatic rings. The molecule has 1 fully saturated rings. The summed E-state index contributed by atoms with van der Waals surface area (Å²) >= 11 is 0.675. The fourth-order valence-electron chi connectivity index (χ4n) is 3.27. The van der Waals surface area contributed by atoms with Gasteiger partial charge >= 0.3 is 6.18 Å². The number of alkyl halides is 3. The number of amides is 1. The molecule has 14 heteroatoms. The summed E-state index contributed by atoms with van der Waals surface area (Å²) in [6.07, 6.45) is -1.19. The molecule has 0 aliphatic carbocycles. The fourth-order valence-corrected chi connectivity index (χ4v) is 5.70. The Hall–Kier alpha value is -2.32. The molecule has 3 N–H and O–H groups in total. The third kappa shape index (κ3) is 5.53. The smallest absolute Gasteiger partial charge is 0.335 e. The normalized spacial score (nSPS) is 16.0. The molecule has 1 saturated heterocycles. The number of sulfonamides is 1. The van der Waals surface area contributed by atoms with Crippen LogP contribution < -0.4 is 11.2 Å². The number of nitrogen functional groups attached to an aromatic ring is 1. The predicted octanol–water partition coefficient (Wildman–Crippen LogP) is 2.61. The highest BCUT2D eigenvalue weighted by Crippen LogP contribution is 2.29. The minimum absolute atomic E-state index is 0.112. The standard InChI is InChI=1S/C18H23F3N6O3S2/c1-12-6-7-13(10-14(12)32(29,30)26-8-4-2-3-5-9-26)23-15(28)11-31-17-25-24-16(27(17)22)18(19,20)21/h6-7,10H,2-5,8-9,11,22H2,1H3,(H,23,28). The van der Waals surface area contributed by atoms with Crippen molar-refractivity contribution in [1.29, 1.82) is 0 Å². The van der Waals surface area contributed by atoms with Crippen molar-refractivity contribution < 1.29 is 26.4 Å². The first-order valence-electron chi connectivity index (χ1n) is 9.81. The molecular weight excluding hydrogens is 469 g/mol. The molecule has 0 bridgehead atoms. The molecule has 0 unspecified atom stereocenters. The van der Waals surface area contributed by atoms with Crippen molar-refractivity contribution in [3.05, 3.63) is 29.6 Å². The Morgan fingerprint density at radius 2 is 1.84 bits per heavy atom. The average Bonchev–Trinajstić information content (AvgIpc) is 2.91. The van der Waals surface area contributed by atoms with Crippen molar-refractivity contribution in [2.24, 2.45) is 0 Å². The second kappa shape index (κ2) is 9.67. The topological polar surface area (TPSA) is 123 Å². The molecule has 3 rings (SSSR count). The van der Waals surface area contributed by atoms with Crippen LogP contribution in [-0.2, 0) is 21.0 Å². The van der Waals surface area contributed by atoms with Gasteiger partial charge in [-0.1, -0.05) is 30.7 Å². The highest BCUT2D eigenvalue weighted by Gasteiger charge is 2.38. The fraction of sp³-hybridized carbons (Fsp3) is 0.500. The molecule has 0 radical (unpaired) electrons. The number of nitrogens with zero attached hydrogens (tertiary/aromatic N) is 4. The Bertz CT molecular complexity index is 1080. The van der Waals surface area contributed by atoms with Crippen LogP contribution in [0.2, 0.25) is 0 Å². The van der Waals surface area contributed by atoms with Crippen molar-refractivity contribution >= 4 is 33.4 Å². The van der Waals surface area contributed by atoms with E-state index in [4.69, 9.17) is 5.84 Å². The molecule has 9 nitrogen and oxygen atoms in total. The molecule has 2 heterocycles. The second-order valence-electron chi connectivity index (χ2n) is 7.31. The minimum atomic E-state index is -4.76. The Morgan fingerprint density at radius 1 is 1.19 bits per heavy atom. The van der Waals surface area contributed by atoms with E-state index >= 15 is 0 Å². The molecule has 0 atom stereocenters. The molecule has 0 saturated carbocycles. The molecule has 2 aromatic rings. The van der Waals surface area contributed by atoms with E-state index in [0.717, 1.165) is 25.7 Å². The monoisotopic (exact) mass is 492 g/mol. The van der Waals surface area contributed by atoms with E-state index in [2.05, 4.69) is 15.5 Å². The molecule has 176 valence electrons. The van der Waals surface area contributed by atoms with Crippen LogP contribution in [0.4, 0.5) is 18.9 Å². The summed E-state index contributed by atoms with van der Waals surface area (Å²) in [4.78, 5) is 12.4. The highest BCUT2D eigenvalue weighted by molar-refractivity contribution is 7.99. The number of anilines is 1. The van der Waals surface area contributed by atoms with Gasteiger partial charge in [0, 0.05) is 18.8 Å². The van der Waals surface area contributed by atoms with Gasteiger partial charge in [0.1, 0.15) is 0 Å². The lowest BCUT2D eigenvalue weighted by Crippen LogP contribution is -2.32. The van der Waals surface area contributed by atoms with Crippen LogP contribution in [0.5, 0.6) is 0 Å². The first-order valence-corrected chi connectivity index (χ1v) is 12.2. The molecule has 1 aromatic heterocycles. The number of carbonyl (C=O) groups is 1. The van der Waals surface area contributed by atoms with Crippen molar-refractivity contribution in [1.82, 2.24) is 19.2 Å². The van der Waals surface area contributed by atoms with Gasteiger partial charge in [-0.15, -0.1) is 10.2 Å². The van der Waals surface area contributed by atoms with E-state index in [1.807, 2.05) is 0 Å². The van der Waals surface area contributed by atoms with Gasteiger partial charge in [-0.25, -0.2) is 13.1 Å². The van der Waals surface area contributed by atoms with Gasteiger partial charge in [-0.05, 0) is 37.5 Å². The molecular formula is C18H23F3N6O3S2. The maximum atomic E-state index is 13.1. The lowest BCUT2D eigenvalue weighted by molar-refractivity contribution is -0.146. The summed E-state index contributed by atoms with van der Waals surface area (Å²) in [6, 6.07) is 4.55. The Balaban J connectivity index is 1.69. The van der Waals surface area contributed by atoms with E-state index in [1.54, 1.807) is 19.1 Å². The Morgan fingerprint density at radius 3 is 2.44 bits per heavy atom. The maximum Gasteiger partial charge on any atom is 0.453 e. The molecule has 32 heavy (non-hydrogen) atoms. The number of thioether (sulfide) groups is 1. The van der Waals surface area contributed by atoms with Crippen LogP contribution in [0.3, 0.4) is 0 Å². The summed E-state index contributed by atoms with van der Waals surface area (Å²) in [6.45, 7) is 2.59. The van der Waals surface area contributed by atoms with E-state index in [-0.39, 0.29) is 26.2 Å².